The second-order valence-electron chi connectivity index (χ2n) is 3.78. The highest BCUT2D eigenvalue weighted by atomic mass is 16.2. The zero-order chi connectivity index (χ0) is 12.4. The Labute approximate surface area is 97.6 Å². The lowest BCUT2D eigenvalue weighted by molar-refractivity contribution is -0.132. The van der Waals surface area contributed by atoms with Crippen molar-refractivity contribution in [3.63, 3.8) is 0 Å². The maximum absolute atomic E-state index is 11.5. The molecule has 6 nitrogen and oxygen atoms in total. The first-order valence-corrected chi connectivity index (χ1v) is 5.13. The van der Waals surface area contributed by atoms with Crippen molar-refractivity contribution in [2.45, 2.75) is 13.0 Å². The van der Waals surface area contributed by atoms with E-state index in [-0.39, 0.29) is 18.4 Å². The van der Waals surface area contributed by atoms with Crippen LogP contribution in [0.25, 0.3) is 0 Å². The number of pyridine rings is 1. The molecule has 88 valence electrons. The van der Waals surface area contributed by atoms with E-state index in [1.165, 1.54) is 6.20 Å². The van der Waals surface area contributed by atoms with Gasteiger partial charge in [0.2, 0.25) is 11.8 Å². The van der Waals surface area contributed by atoms with E-state index in [0.29, 0.717) is 17.7 Å². The van der Waals surface area contributed by atoms with Gasteiger partial charge in [-0.3, -0.25) is 19.7 Å². The van der Waals surface area contributed by atoms with Crippen LogP contribution in [-0.4, -0.2) is 35.7 Å². The van der Waals surface area contributed by atoms with Crippen LogP contribution in [0.4, 0.5) is 5.82 Å². The molecule has 0 bridgehead atoms. The fraction of sp³-hybridized carbons (Fsp3) is 0.273. The summed E-state index contributed by atoms with van der Waals surface area (Å²) in [5.74, 6) is -0.192. The monoisotopic (exact) mass is 233 g/mol. The van der Waals surface area contributed by atoms with E-state index in [9.17, 15) is 14.4 Å². The first kappa shape index (κ1) is 11.3. The minimum absolute atomic E-state index is 0.0837. The molecule has 1 aromatic heterocycles. The molecule has 2 heterocycles. The van der Waals surface area contributed by atoms with Gasteiger partial charge in [0, 0.05) is 11.8 Å². The zero-order valence-electron chi connectivity index (χ0n) is 9.21. The van der Waals surface area contributed by atoms with Gasteiger partial charge in [-0.05, 0) is 19.1 Å². The van der Waals surface area contributed by atoms with E-state index in [1.807, 2.05) is 0 Å². The third kappa shape index (κ3) is 2.15. The highest BCUT2D eigenvalue weighted by molar-refractivity contribution is 6.04. The molecule has 0 radical (unpaired) electrons. The van der Waals surface area contributed by atoms with Gasteiger partial charge in [-0.2, -0.15) is 0 Å². The number of imide groups is 1. The Morgan fingerprint density at radius 2 is 2.24 bits per heavy atom. The van der Waals surface area contributed by atoms with E-state index >= 15 is 0 Å². The smallest absolute Gasteiger partial charge is 0.249 e. The summed E-state index contributed by atoms with van der Waals surface area (Å²) in [6.07, 6.45) is 2.10. The Hall–Kier alpha value is -2.24. The molecule has 0 saturated carbocycles. The molecule has 17 heavy (non-hydrogen) atoms. The van der Waals surface area contributed by atoms with Gasteiger partial charge in [0.25, 0.3) is 0 Å². The van der Waals surface area contributed by atoms with Crippen LogP contribution in [0.1, 0.15) is 17.3 Å². The van der Waals surface area contributed by atoms with Gasteiger partial charge in [0.1, 0.15) is 11.9 Å². The van der Waals surface area contributed by atoms with E-state index in [0.717, 1.165) is 0 Å². The number of amides is 2. The van der Waals surface area contributed by atoms with Gasteiger partial charge in [0.15, 0.2) is 6.29 Å². The maximum atomic E-state index is 11.5. The van der Waals surface area contributed by atoms with Crippen LogP contribution in [0.3, 0.4) is 0 Å². The van der Waals surface area contributed by atoms with Crippen molar-refractivity contribution < 1.29 is 14.4 Å². The molecule has 6 heteroatoms. The van der Waals surface area contributed by atoms with E-state index in [4.69, 9.17) is 0 Å². The molecule has 0 aliphatic carbocycles. The number of nitrogens with zero attached hydrogens (tertiary/aromatic N) is 2. The number of aromatic nitrogens is 1. The van der Waals surface area contributed by atoms with Gasteiger partial charge in [-0.25, -0.2) is 4.98 Å². The molecule has 1 fully saturated rings. The van der Waals surface area contributed by atoms with Crippen molar-refractivity contribution in [1.82, 2.24) is 10.3 Å². The Morgan fingerprint density at radius 3 is 2.82 bits per heavy atom. The average molecular weight is 233 g/mol. The Bertz CT molecular complexity index is 469. The second-order valence-corrected chi connectivity index (χ2v) is 3.78. The summed E-state index contributed by atoms with van der Waals surface area (Å²) in [5, 5.41) is 2.25. The highest BCUT2D eigenvalue weighted by Crippen LogP contribution is 2.16. The number of piperazine rings is 1. The van der Waals surface area contributed by atoms with Crippen molar-refractivity contribution >= 4 is 23.9 Å². The standard InChI is InChI=1S/C11H11N3O3/c1-7-11(17)13-10(16)5-14(7)9-3-2-8(6-15)4-12-9/h2-4,6-7H,5H2,1H3,(H,13,16,17). The van der Waals surface area contributed by atoms with Gasteiger partial charge < -0.3 is 4.90 Å². The van der Waals surface area contributed by atoms with E-state index < -0.39 is 6.04 Å². The van der Waals surface area contributed by atoms with E-state index in [2.05, 4.69) is 10.3 Å². The summed E-state index contributed by atoms with van der Waals surface area (Å²) in [5.41, 5.74) is 0.453. The first-order valence-electron chi connectivity index (χ1n) is 5.13. The predicted molar refractivity (Wildman–Crippen MR) is 59.6 cm³/mol. The summed E-state index contributed by atoms with van der Waals surface area (Å²) in [7, 11) is 0. The Kier molecular flexibility index (Phi) is 2.86. The number of rotatable bonds is 2. The zero-order valence-corrected chi connectivity index (χ0v) is 9.21. The lowest BCUT2D eigenvalue weighted by Crippen LogP contribution is -2.57. The van der Waals surface area contributed by atoms with Crippen LogP contribution < -0.4 is 10.2 Å². The predicted octanol–water partition coefficient (Wildman–Crippen LogP) is -0.255. The summed E-state index contributed by atoms with van der Waals surface area (Å²) in [6, 6.07) is 2.76. The molecule has 0 spiro atoms. The van der Waals surface area contributed by atoms with Crippen LogP contribution in [0.15, 0.2) is 18.3 Å². The SMILES string of the molecule is CC1C(=O)NC(=O)CN1c1ccc(C=O)cn1. The number of hydrogen-bond donors (Lipinski definition) is 1. The molecule has 1 aliphatic heterocycles. The largest absolute Gasteiger partial charge is 0.336 e. The van der Waals surface area contributed by atoms with Gasteiger partial charge in [-0.1, -0.05) is 0 Å². The van der Waals surface area contributed by atoms with Gasteiger partial charge in [0.05, 0.1) is 6.54 Å². The molecule has 2 rings (SSSR count). The van der Waals surface area contributed by atoms with Crippen molar-refractivity contribution in [3.8, 4) is 0 Å². The Morgan fingerprint density at radius 1 is 1.47 bits per heavy atom. The van der Waals surface area contributed by atoms with Crippen LogP contribution in [-0.2, 0) is 9.59 Å². The molecule has 1 aromatic rings. The van der Waals surface area contributed by atoms with Crippen LogP contribution in [0.2, 0.25) is 0 Å². The fourth-order valence-corrected chi connectivity index (χ4v) is 1.63. The third-order valence-electron chi connectivity index (χ3n) is 2.62. The number of carbonyl (C=O) groups excluding carboxylic acids is 3. The summed E-state index contributed by atoms with van der Waals surface area (Å²) in [6.45, 7) is 1.78. The van der Waals surface area contributed by atoms with Crippen molar-refractivity contribution in [2.75, 3.05) is 11.4 Å². The van der Waals surface area contributed by atoms with Crippen LogP contribution in [0.5, 0.6) is 0 Å². The summed E-state index contributed by atoms with van der Waals surface area (Å²) >= 11 is 0. The number of hydrogen-bond acceptors (Lipinski definition) is 5. The molecule has 1 aliphatic rings. The lowest BCUT2D eigenvalue weighted by atomic mass is 10.2. The minimum atomic E-state index is -0.456. The summed E-state index contributed by atoms with van der Waals surface area (Å²) in [4.78, 5) is 38.9. The molecule has 1 saturated heterocycles. The van der Waals surface area contributed by atoms with E-state index in [1.54, 1.807) is 24.0 Å². The molecular formula is C11H11N3O3. The molecule has 2 amide bonds. The quantitative estimate of drug-likeness (QED) is 0.562. The lowest BCUT2D eigenvalue weighted by Gasteiger charge is -2.32. The molecular weight excluding hydrogens is 222 g/mol. The number of carbonyl (C=O) groups is 3. The highest BCUT2D eigenvalue weighted by Gasteiger charge is 2.30. The van der Waals surface area contributed by atoms with Gasteiger partial charge >= 0.3 is 0 Å². The van der Waals surface area contributed by atoms with Crippen molar-refractivity contribution in [2.24, 2.45) is 0 Å². The minimum Gasteiger partial charge on any atom is -0.336 e. The van der Waals surface area contributed by atoms with Crippen molar-refractivity contribution in [1.29, 1.82) is 0 Å². The molecule has 0 aromatic carbocycles. The second kappa shape index (κ2) is 4.32. The maximum Gasteiger partial charge on any atom is 0.249 e. The van der Waals surface area contributed by atoms with Crippen LogP contribution in [0, 0.1) is 0 Å². The molecule has 1 atom stereocenters. The number of aldehydes is 1. The Balaban J connectivity index is 2.27. The molecule has 1 unspecified atom stereocenters. The third-order valence-corrected chi connectivity index (χ3v) is 2.62. The summed E-state index contributed by atoms with van der Waals surface area (Å²) < 4.78 is 0. The topological polar surface area (TPSA) is 79.4 Å². The fourth-order valence-electron chi connectivity index (χ4n) is 1.63. The van der Waals surface area contributed by atoms with Crippen molar-refractivity contribution in [3.05, 3.63) is 23.9 Å². The average Bonchev–Trinajstić information content (AvgIpc) is 2.34. The number of nitrogens with one attached hydrogen (secondary N) is 1. The number of anilines is 1. The van der Waals surface area contributed by atoms with Gasteiger partial charge in [-0.15, -0.1) is 0 Å². The normalized spacial score (nSPS) is 20.1. The first-order chi connectivity index (χ1) is 8.11. The van der Waals surface area contributed by atoms with Crippen LogP contribution >= 0.6 is 0 Å². The molecule has 1 N–H and O–H groups in total.